The molecule has 0 radical (unpaired) electrons. The number of halogens is 1. The summed E-state index contributed by atoms with van der Waals surface area (Å²) in [5, 5.41) is 10.5. The maximum Gasteiger partial charge on any atom is 0.267 e. The average Bonchev–Trinajstić information content (AvgIpc) is 3.24. The number of aromatic nitrogens is 3. The minimum absolute atomic E-state index is 0.196. The summed E-state index contributed by atoms with van der Waals surface area (Å²) < 4.78 is 7.08. The van der Waals surface area contributed by atoms with Gasteiger partial charge in [0.15, 0.2) is 16.9 Å². The third-order valence-electron chi connectivity index (χ3n) is 3.46. The van der Waals surface area contributed by atoms with Crippen molar-refractivity contribution in [1.82, 2.24) is 15.2 Å². The van der Waals surface area contributed by atoms with Crippen molar-refractivity contribution in [3.63, 3.8) is 0 Å². The van der Waals surface area contributed by atoms with Gasteiger partial charge in [-0.3, -0.25) is 15.2 Å². The Morgan fingerprint density at radius 3 is 3.09 bits per heavy atom. The lowest BCUT2D eigenvalue weighted by atomic mass is 10.1. The minimum atomic E-state index is -0.476. The van der Waals surface area contributed by atoms with Crippen LogP contribution in [0.3, 0.4) is 0 Å². The van der Waals surface area contributed by atoms with Gasteiger partial charge in [-0.2, -0.15) is 10.1 Å². The summed E-state index contributed by atoms with van der Waals surface area (Å²) >= 11 is 4.93. The molecule has 23 heavy (non-hydrogen) atoms. The van der Waals surface area contributed by atoms with Crippen LogP contribution in [0.5, 0.6) is 0 Å². The number of amides is 1. The van der Waals surface area contributed by atoms with Gasteiger partial charge in [0.1, 0.15) is 4.70 Å². The van der Waals surface area contributed by atoms with Crippen LogP contribution in [0.25, 0.3) is 21.6 Å². The van der Waals surface area contributed by atoms with Crippen LogP contribution in [0, 0.1) is 0 Å². The van der Waals surface area contributed by atoms with E-state index in [4.69, 9.17) is 4.74 Å². The third-order valence-corrected chi connectivity index (χ3v) is 5.13. The topological polar surface area (TPSA) is 79.9 Å². The number of H-pyrrole nitrogens is 1. The number of nitrogens with one attached hydrogen (secondary N) is 2. The van der Waals surface area contributed by atoms with E-state index in [9.17, 15) is 4.79 Å². The summed E-state index contributed by atoms with van der Waals surface area (Å²) in [5.41, 5.74) is 2.46. The Morgan fingerprint density at radius 2 is 2.30 bits per heavy atom. The van der Waals surface area contributed by atoms with Crippen LogP contribution in [0.15, 0.2) is 41.1 Å². The van der Waals surface area contributed by atoms with Crippen LogP contribution in [0.2, 0.25) is 0 Å². The Bertz CT molecular complexity index is 909. The first-order valence-electron chi connectivity index (χ1n) is 6.93. The summed E-state index contributed by atoms with van der Waals surface area (Å²) in [4.78, 5) is 16.4. The highest BCUT2D eigenvalue weighted by molar-refractivity contribution is 9.10. The molecule has 3 aromatic rings. The highest BCUT2D eigenvalue weighted by atomic mass is 79.9. The molecule has 1 unspecified atom stereocenters. The highest BCUT2D eigenvalue weighted by Crippen LogP contribution is 2.36. The molecule has 0 fully saturated rings. The molecule has 6 nitrogen and oxygen atoms in total. The molecule has 2 N–H and O–H groups in total. The molecule has 1 aromatic carbocycles. The molecule has 0 saturated heterocycles. The quantitative estimate of drug-likeness (QED) is 0.714. The molecule has 0 bridgehead atoms. The van der Waals surface area contributed by atoms with Gasteiger partial charge in [-0.25, -0.2) is 0 Å². The molecular weight excluding hydrogens is 380 g/mol. The number of hydrogen-bond acceptors (Lipinski definition) is 5. The average molecular weight is 391 g/mol. The zero-order chi connectivity index (χ0) is 15.8. The van der Waals surface area contributed by atoms with Crippen LogP contribution in [-0.4, -0.2) is 27.2 Å². The van der Waals surface area contributed by atoms with E-state index < -0.39 is 6.10 Å². The molecule has 1 aliphatic heterocycles. The number of ether oxygens (including phenoxy) is 1. The van der Waals surface area contributed by atoms with Crippen molar-refractivity contribution in [2.24, 2.45) is 0 Å². The van der Waals surface area contributed by atoms with Crippen molar-refractivity contribution in [3.8, 4) is 11.3 Å². The second kappa shape index (κ2) is 5.78. The number of fused-ring (bicyclic) bond motifs is 1. The van der Waals surface area contributed by atoms with E-state index in [1.165, 1.54) is 11.3 Å². The van der Waals surface area contributed by atoms with Gasteiger partial charge in [0, 0.05) is 16.5 Å². The summed E-state index contributed by atoms with van der Waals surface area (Å²) in [6.07, 6.45) is 3.47. The third kappa shape index (κ3) is 2.64. The number of hydrogen-bond donors (Lipinski definition) is 2. The van der Waals surface area contributed by atoms with Gasteiger partial charge in [0.2, 0.25) is 0 Å². The van der Waals surface area contributed by atoms with Crippen molar-refractivity contribution in [2.45, 2.75) is 12.5 Å². The lowest BCUT2D eigenvalue weighted by molar-refractivity contribution is -0.123. The molecule has 4 rings (SSSR count). The SMILES string of the molecule is O=C(Nc1nc2n[nH]c(-c3ccccc3Br)c2s1)C1CC=CO1. The number of nitrogens with zero attached hydrogens (tertiary/aromatic N) is 2. The Balaban J connectivity index is 1.64. The molecule has 116 valence electrons. The van der Waals surface area contributed by atoms with Crippen molar-refractivity contribution in [3.05, 3.63) is 41.1 Å². The Hall–Kier alpha value is -2.19. The van der Waals surface area contributed by atoms with Gasteiger partial charge >= 0.3 is 0 Å². The maximum atomic E-state index is 12.1. The zero-order valence-electron chi connectivity index (χ0n) is 11.7. The second-order valence-electron chi connectivity index (χ2n) is 4.97. The van der Waals surface area contributed by atoms with Crippen LogP contribution < -0.4 is 5.32 Å². The number of rotatable bonds is 3. The lowest BCUT2D eigenvalue weighted by Gasteiger charge is -2.08. The van der Waals surface area contributed by atoms with E-state index in [-0.39, 0.29) is 5.91 Å². The number of carbonyl (C=O) groups excluding carboxylic acids is 1. The number of thiazole rings is 1. The Kier molecular flexibility index (Phi) is 3.62. The molecule has 0 spiro atoms. The summed E-state index contributed by atoms with van der Waals surface area (Å²) in [5.74, 6) is -0.196. The van der Waals surface area contributed by atoms with E-state index in [2.05, 4.69) is 36.4 Å². The van der Waals surface area contributed by atoms with Crippen LogP contribution in [0.1, 0.15) is 6.42 Å². The highest BCUT2D eigenvalue weighted by Gasteiger charge is 2.23. The molecule has 1 amide bonds. The number of anilines is 1. The molecule has 1 atom stereocenters. The van der Waals surface area contributed by atoms with Crippen LogP contribution in [-0.2, 0) is 9.53 Å². The van der Waals surface area contributed by atoms with E-state index >= 15 is 0 Å². The van der Waals surface area contributed by atoms with E-state index in [1.54, 1.807) is 6.26 Å². The molecule has 0 saturated carbocycles. The van der Waals surface area contributed by atoms with E-state index in [1.807, 2.05) is 30.3 Å². The summed E-state index contributed by atoms with van der Waals surface area (Å²) in [6, 6.07) is 7.87. The first-order chi connectivity index (χ1) is 11.2. The predicted molar refractivity (Wildman–Crippen MR) is 92.2 cm³/mol. The van der Waals surface area contributed by atoms with Gasteiger partial charge < -0.3 is 4.74 Å². The van der Waals surface area contributed by atoms with E-state index in [0.717, 1.165) is 20.4 Å². The first kappa shape index (κ1) is 14.4. The van der Waals surface area contributed by atoms with Crippen molar-refractivity contribution >= 4 is 48.7 Å². The van der Waals surface area contributed by atoms with Crippen LogP contribution >= 0.6 is 27.3 Å². The van der Waals surface area contributed by atoms with Gasteiger partial charge in [-0.15, -0.1) is 0 Å². The fourth-order valence-electron chi connectivity index (χ4n) is 2.35. The molecule has 2 aromatic heterocycles. The van der Waals surface area contributed by atoms with E-state index in [0.29, 0.717) is 17.2 Å². The number of aromatic amines is 1. The Morgan fingerprint density at radius 1 is 1.43 bits per heavy atom. The largest absolute Gasteiger partial charge is 0.488 e. The van der Waals surface area contributed by atoms with Crippen LogP contribution in [0.4, 0.5) is 5.13 Å². The zero-order valence-corrected chi connectivity index (χ0v) is 14.1. The van der Waals surface area contributed by atoms with Crippen molar-refractivity contribution in [1.29, 1.82) is 0 Å². The van der Waals surface area contributed by atoms with Gasteiger partial charge in [-0.05, 0) is 12.1 Å². The normalized spacial score (nSPS) is 16.7. The fourth-order valence-corrected chi connectivity index (χ4v) is 3.75. The smallest absolute Gasteiger partial charge is 0.267 e. The minimum Gasteiger partial charge on any atom is -0.488 e. The fraction of sp³-hybridized carbons (Fsp3) is 0.133. The van der Waals surface area contributed by atoms with Gasteiger partial charge in [0.25, 0.3) is 5.91 Å². The monoisotopic (exact) mass is 390 g/mol. The molecule has 0 aliphatic carbocycles. The van der Waals surface area contributed by atoms with Crippen molar-refractivity contribution in [2.75, 3.05) is 5.32 Å². The molecule has 8 heteroatoms. The van der Waals surface area contributed by atoms with Gasteiger partial charge in [0.05, 0.1) is 12.0 Å². The predicted octanol–water partition coefficient (Wildman–Crippen LogP) is 3.69. The van der Waals surface area contributed by atoms with Gasteiger partial charge in [-0.1, -0.05) is 45.5 Å². The summed E-state index contributed by atoms with van der Waals surface area (Å²) in [6.45, 7) is 0. The second-order valence-corrected chi connectivity index (χ2v) is 6.83. The molecule has 1 aliphatic rings. The molecule has 3 heterocycles. The number of carbonyl (C=O) groups is 1. The number of benzene rings is 1. The Labute approximate surface area is 143 Å². The maximum absolute atomic E-state index is 12.1. The molecular formula is C15H11BrN4O2S. The summed E-state index contributed by atoms with van der Waals surface area (Å²) in [7, 11) is 0. The van der Waals surface area contributed by atoms with Crippen molar-refractivity contribution < 1.29 is 9.53 Å². The lowest BCUT2D eigenvalue weighted by Crippen LogP contribution is -2.26. The standard InChI is InChI=1S/C15H11BrN4O2S/c16-9-5-2-1-4-8(9)11-12-13(20-19-11)17-15(23-12)18-14(21)10-6-3-7-22-10/h1-5,7,10H,6H2,(H2,17,18,19,20,21). The first-order valence-corrected chi connectivity index (χ1v) is 8.54.